The fourth-order valence-corrected chi connectivity index (χ4v) is 10.9. The van der Waals surface area contributed by atoms with Gasteiger partial charge in [-0.1, -0.05) is 12.1 Å². The van der Waals surface area contributed by atoms with Crippen molar-refractivity contribution in [2.24, 2.45) is 7.05 Å². The summed E-state index contributed by atoms with van der Waals surface area (Å²) in [6, 6.07) is 32.1. The molecule has 4 N–H and O–H groups in total. The summed E-state index contributed by atoms with van der Waals surface area (Å²) >= 11 is -0.659. The Kier molecular flexibility index (Phi) is 12.5. The van der Waals surface area contributed by atoms with E-state index in [1.807, 2.05) is 59.5 Å². The second kappa shape index (κ2) is 18.5. The van der Waals surface area contributed by atoms with Gasteiger partial charge in [0.1, 0.15) is 6.23 Å². The van der Waals surface area contributed by atoms with Crippen molar-refractivity contribution in [2.75, 3.05) is 41.8 Å². The Morgan fingerprint density at radius 1 is 0.891 bits per heavy atom. The summed E-state index contributed by atoms with van der Waals surface area (Å²) in [6.07, 6.45) is 2.84. The van der Waals surface area contributed by atoms with Crippen molar-refractivity contribution in [3.8, 4) is 28.0 Å². The third-order valence-corrected chi connectivity index (χ3v) is 15.0. The van der Waals surface area contributed by atoms with E-state index in [0.717, 1.165) is 58.5 Å². The van der Waals surface area contributed by atoms with Crippen LogP contribution in [0.2, 0.25) is 0 Å². The van der Waals surface area contributed by atoms with Crippen molar-refractivity contribution in [1.29, 1.82) is 0 Å². The first-order valence-corrected chi connectivity index (χ1v) is 23.6. The van der Waals surface area contributed by atoms with E-state index < -0.39 is 33.8 Å². The fraction of sp³-hybridized carbons (Fsp3) is 0.286. The summed E-state index contributed by atoms with van der Waals surface area (Å²) in [6.45, 7) is 2.06. The van der Waals surface area contributed by atoms with Crippen molar-refractivity contribution in [3.05, 3.63) is 126 Å². The summed E-state index contributed by atoms with van der Waals surface area (Å²) < 4.78 is 23.9. The van der Waals surface area contributed by atoms with Crippen molar-refractivity contribution in [2.45, 2.75) is 54.6 Å². The van der Waals surface area contributed by atoms with Crippen molar-refractivity contribution >= 4 is 51.6 Å². The van der Waals surface area contributed by atoms with Gasteiger partial charge in [0.05, 0.1) is 0 Å². The number of aliphatic hydroxyl groups excluding tert-OH is 1. The number of hydrogen-bond acceptors (Lipinski definition) is 9. The maximum atomic E-state index is 15.4. The van der Waals surface area contributed by atoms with Gasteiger partial charge >= 0.3 is 301 Å². The topological polar surface area (TPSA) is 158 Å². The average molecular weight is 977 g/mol. The number of aryl methyl sites for hydroxylation is 1. The predicted octanol–water partition coefficient (Wildman–Crippen LogP) is 4.21. The van der Waals surface area contributed by atoms with E-state index in [2.05, 4.69) is 32.0 Å². The Bertz CT molecular complexity index is 2770. The minimum absolute atomic E-state index is 0.100. The number of anilines is 3. The molecule has 2 atom stereocenters. The normalized spacial score (nSPS) is 17.6. The molecular formula is C49H48FIN7O6-. The number of aliphatic hydroxyl groups is 1. The van der Waals surface area contributed by atoms with Gasteiger partial charge in [-0.3, -0.25) is 14.9 Å². The number of aromatic nitrogens is 2. The van der Waals surface area contributed by atoms with Crippen LogP contribution in [0.15, 0.2) is 103 Å². The van der Waals surface area contributed by atoms with Crippen LogP contribution in [0.5, 0.6) is 5.75 Å². The van der Waals surface area contributed by atoms with Gasteiger partial charge in [-0.05, 0) is 24.7 Å². The van der Waals surface area contributed by atoms with Crippen LogP contribution in [0.4, 0.5) is 21.5 Å². The SMILES string of the molecule is CNC(O)c1cccc(NC(=O)c2nn(C)c3ccc(-c4ccc(N5CCCC5=O)cc4-c4ccc(O[I-]C5CCN(c6ccc(C7CCC(=O)NC7=O)cc6F)CC5)cc4)cc23)c1. The molecule has 64 heavy (non-hydrogen) atoms. The van der Waals surface area contributed by atoms with Crippen LogP contribution in [0, 0.1) is 5.82 Å². The molecular weight excluding hydrogens is 928 g/mol. The Hall–Kier alpha value is -6.17. The molecule has 3 aliphatic rings. The number of carbonyl (C=O) groups excluding carboxylic acids is 4. The smallest absolute Gasteiger partial charge is 0.0313 e. The summed E-state index contributed by atoms with van der Waals surface area (Å²) in [5.74, 6) is -1.04. The molecule has 0 saturated carbocycles. The van der Waals surface area contributed by atoms with Crippen LogP contribution in [0.1, 0.15) is 72.3 Å². The zero-order chi connectivity index (χ0) is 44.5. The molecule has 330 valence electrons. The number of rotatable bonds is 12. The number of nitrogens with zero attached hydrogens (tertiary/aromatic N) is 4. The first-order chi connectivity index (χ1) is 31.0. The number of halogens is 2. The largest absolute Gasteiger partial charge is 0.0313 e. The van der Waals surface area contributed by atoms with Gasteiger partial charge in [0, 0.05) is 12.7 Å². The molecule has 1 aromatic heterocycles. The summed E-state index contributed by atoms with van der Waals surface area (Å²) in [5, 5.41) is 23.7. The molecule has 3 fully saturated rings. The molecule has 0 radical (unpaired) electrons. The Morgan fingerprint density at radius 2 is 1.69 bits per heavy atom. The quantitative estimate of drug-likeness (QED) is 0.0611. The van der Waals surface area contributed by atoms with Gasteiger partial charge in [0.15, 0.2) is 0 Å². The molecule has 2 unspecified atom stereocenters. The number of nitrogens with one attached hydrogen (secondary N) is 3. The van der Waals surface area contributed by atoms with E-state index >= 15 is 4.39 Å². The van der Waals surface area contributed by atoms with Gasteiger partial charge < -0.3 is 10.4 Å². The molecule has 0 aliphatic carbocycles. The number of imide groups is 1. The third-order valence-electron chi connectivity index (χ3n) is 12.3. The van der Waals surface area contributed by atoms with Crippen LogP contribution in [-0.2, 0) is 21.4 Å². The van der Waals surface area contributed by atoms with Crippen LogP contribution < -0.4 is 50.4 Å². The zero-order valence-electron chi connectivity index (χ0n) is 35.4. The van der Waals surface area contributed by atoms with Crippen LogP contribution in [0.3, 0.4) is 0 Å². The number of hydrogen-bond donors (Lipinski definition) is 4. The molecule has 3 aliphatic heterocycles. The van der Waals surface area contributed by atoms with E-state index in [9.17, 15) is 24.3 Å². The zero-order valence-corrected chi connectivity index (χ0v) is 37.6. The summed E-state index contributed by atoms with van der Waals surface area (Å²) in [7, 11) is 3.46. The Morgan fingerprint density at radius 3 is 2.42 bits per heavy atom. The van der Waals surface area contributed by atoms with E-state index in [-0.39, 0.29) is 41.6 Å². The van der Waals surface area contributed by atoms with E-state index in [1.165, 1.54) is 6.07 Å². The standard InChI is InChI=1S/C49H48FIN7O6/c1-52-47(61)32-5-3-6-34(25-32)53-49(63)46-40-26-30(10-17-42(40)56(2)55-46)37-15-12-35(58-22-4-7-45(58)60)28-39(37)29-8-13-36(14-9-29)64-51-33-20-23-57(24-21-33)43-18-11-31(27-41(43)50)38-16-19-44(59)54-48(38)62/h3,5-6,8-15,17-18,25-28,33,38,47,52,61H,4,7,16,19-24H2,1-2H3,(H,53,63)(H,54,59,62)/q-1. The number of alkyl halides is 1. The first kappa shape index (κ1) is 43.1. The molecule has 9 rings (SSSR count). The third kappa shape index (κ3) is 8.96. The Labute approximate surface area is 380 Å². The predicted molar refractivity (Wildman–Crippen MR) is 239 cm³/mol. The fourth-order valence-electron chi connectivity index (χ4n) is 8.84. The molecule has 0 bridgehead atoms. The summed E-state index contributed by atoms with van der Waals surface area (Å²) in [4.78, 5) is 54.4. The van der Waals surface area contributed by atoms with E-state index in [1.54, 1.807) is 55.2 Å². The van der Waals surface area contributed by atoms with Crippen LogP contribution in [0.25, 0.3) is 33.2 Å². The molecule has 4 heterocycles. The van der Waals surface area contributed by atoms with Crippen molar-refractivity contribution in [3.63, 3.8) is 0 Å². The van der Waals surface area contributed by atoms with Crippen LogP contribution >= 0.6 is 0 Å². The van der Waals surface area contributed by atoms with Gasteiger partial charge in [-0.2, -0.15) is 0 Å². The molecule has 15 heteroatoms. The minimum Gasteiger partial charge on any atom is -0.0313 e. The number of benzene rings is 5. The van der Waals surface area contributed by atoms with Gasteiger partial charge in [0.25, 0.3) is 0 Å². The van der Waals surface area contributed by atoms with Gasteiger partial charge in [-0.15, -0.1) is 0 Å². The van der Waals surface area contributed by atoms with Crippen molar-refractivity contribution < 1.29 is 53.4 Å². The average Bonchev–Trinajstić information content (AvgIpc) is 3.90. The molecule has 13 nitrogen and oxygen atoms in total. The van der Waals surface area contributed by atoms with Gasteiger partial charge in [0.2, 0.25) is 0 Å². The second-order valence-corrected chi connectivity index (χ2v) is 19.1. The maximum Gasteiger partial charge on any atom is -0.0313 e. The molecule has 0 spiro atoms. The number of amides is 4. The summed E-state index contributed by atoms with van der Waals surface area (Å²) in [5.41, 5.74) is 7.83. The van der Waals surface area contributed by atoms with E-state index in [0.29, 0.717) is 64.3 Å². The molecule has 5 aromatic carbocycles. The van der Waals surface area contributed by atoms with Crippen LogP contribution in [-0.4, -0.2) is 69.1 Å². The number of carbonyl (C=O) groups is 4. The molecule has 4 amide bonds. The van der Waals surface area contributed by atoms with Gasteiger partial charge in [-0.25, -0.2) is 0 Å². The first-order valence-electron chi connectivity index (χ1n) is 21.5. The Balaban J connectivity index is 0.906. The second-order valence-electron chi connectivity index (χ2n) is 16.4. The van der Waals surface area contributed by atoms with E-state index in [4.69, 9.17) is 3.07 Å². The molecule has 3 saturated heterocycles. The van der Waals surface area contributed by atoms with Crippen molar-refractivity contribution in [1.82, 2.24) is 20.4 Å². The molecule has 6 aromatic rings. The minimum atomic E-state index is -0.874. The maximum absolute atomic E-state index is 15.4. The number of piperidine rings is 2. The number of fused-ring (bicyclic) bond motifs is 1. The monoisotopic (exact) mass is 976 g/mol.